The van der Waals surface area contributed by atoms with Crippen LogP contribution in [0.1, 0.15) is 34.6 Å². The topological polar surface area (TPSA) is 91.8 Å². The molecule has 0 amide bonds. The molecule has 3 aromatic carbocycles. The van der Waals surface area contributed by atoms with Crippen molar-refractivity contribution in [3.8, 4) is 22.8 Å². The van der Waals surface area contributed by atoms with Crippen LogP contribution in [0, 0.1) is 5.92 Å². The summed E-state index contributed by atoms with van der Waals surface area (Å²) in [7, 11) is 0. The van der Waals surface area contributed by atoms with Crippen LogP contribution < -0.4 is 9.04 Å². The van der Waals surface area contributed by atoms with Crippen molar-refractivity contribution in [3.05, 3.63) is 84.9 Å². The van der Waals surface area contributed by atoms with Crippen LogP contribution in [-0.4, -0.2) is 31.4 Å². The Hall–Kier alpha value is -3.75. The van der Waals surface area contributed by atoms with E-state index in [9.17, 15) is 13.6 Å². The fraction of sp³-hybridized carbons (Fsp3) is 0.267. The minimum absolute atomic E-state index is 0.299. The van der Waals surface area contributed by atoms with Gasteiger partial charge in [0.1, 0.15) is 17.4 Å². The van der Waals surface area contributed by atoms with Gasteiger partial charge in [0.25, 0.3) is 0 Å². The molecule has 0 radical (unpaired) electrons. The summed E-state index contributed by atoms with van der Waals surface area (Å²) in [4.78, 5) is 17.4. The van der Waals surface area contributed by atoms with E-state index in [4.69, 9.17) is 9.47 Å². The van der Waals surface area contributed by atoms with E-state index in [-0.39, 0.29) is 5.92 Å². The maximum atomic E-state index is 12.9. The van der Waals surface area contributed by atoms with Gasteiger partial charge in [0.15, 0.2) is 0 Å². The number of carbonyl (C=O) groups excluding carboxylic acids is 1. The Morgan fingerprint density at radius 1 is 0.895 bits per heavy atom. The van der Waals surface area contributed by atoms with Crippen LogP contribution in [-0.2, 0) is 20.8 Å². The van der Waals surface area contributed by atoms with Crippen molar-refractivity contribution in [2.75, 3.05) is 4.31 Å². The second-order valence-electron chi connectivity index (χ2n) is 10.3. The van der Waals surface area contributed by atoms with E-state index in [1.54, 1.807) is 46.8 Å². The van der Waals surface area contributed by atoms with Crippen molar-refractivity contribution in [1.29, 1.82) is 0 Å². The number of ether oxygens (including phenoxy) is 2. The Bertz CT molecular complexity index is 1430. The first-order valence-electron chi connectivity index (χ1n) is 12.4. The zero-order valence-electron chi connectivity index (χ0n) is 22.1. The van der Waals surface area contributed by atoms with E-state index in [1.165, 1.54) is 0 Å². The minimum Gasteiger partial charge on any atom is -0.755 e. The molecule has 2 unspecified atom stereocenters. The molecule has 1 aromatic heterocycles. The molecule has 0 fully saturated rings. The Morgan fingerprint density at radius 3 is 2.08 bits per heavy atom. The molecule has 0 saturated carbocycles. The zero-order chi connectivity index (χ0) is 27.4. The van der Waals surface area contributed by atoms with Crippen molar-refractivity contribution < 1.29 is 23.0 Å². The second-order valence-corrected chi connectivity index (χ2v) is 11.1. The lowest BCUT2D eigenvalue weighted by molar-refractivity contribution is -0.157. The van der Waals surface area contributed by atoms with E-state index in [2.05, 4.69) is 4.98 Å². The lowest BCUT2D eigenvalue weighted by Crippen LogP contribution is -2.48. The molecule has 4 aromatic rings. The van der Waals surface area contributed by atoms with Crippen molar-refractivity contribution in [1.82, 2.24) is 4.98 Å². The van der Waals surface area contributed by atoms with E-state index < -0.39 is 28.9 Å². The maximum absolute atomic E-state index is 12.9. The Balaban J connectivity index is 1.52. The highest BCUT2D eigenvalue weighted by atomic mass is 32.2. The summed E-state index contributed by atoms with van der Waals surface area (Å²) in [5.41, 5.74) is 2.33. The number of benzene rings is 3. The van der Waals surface area contributed by atoms with Gasteiger partial charge in [0, 0.05) is 28.4 Å². The fourth-order valence-electron chi connectivity index (χ4n) is 4.08. The lowest BCUT2D eigenvalue weighted by Gasteiger charge is -2.36. The summed E-state index contributed by atoms with van der Waals surface area (Å²) in [5, 5.41) is 1.05. The van der Waals surface area contributed by atoms with Crippen LogP contribution in [0.15, 0.2) is 84.9 Å². The Labute approximate surface area is 225 Å². The van der Waals surface area contributed by atoms with Crippen molar-refractivity contribution in [2.45, 2.75) is 46.3 Å². The lowest BCUT2D eigenvalue weighted by atomic mass is 10.0. The normalized spacial score (nSPS) is 13.2. The van der Waals surface area contributed by atoms with E-state index in [0.717, 1.165) is 26.3 Å². The number of anilines is 1. The highest BCUT2D eigenvalue weighted by Gasteiger charge is 2.34. The van der Waals surface area contributed by atoms with Crippen LogP contribution in [0.3, 0.4) is 0 Å². The van der Waals surface area contributed by atoms with Crippen molar-refractivity contribution >= 4 is 33.8 Å². The smallest absolute Gasteiger partial charge is 0.330 e. The van der Waals surface area contributed by atoms with Gasteiger partial charge in [-0.05, 0) is 74.2 Å². The van der Waals surface area contributed by atoms with Crippen LogP contribution in [0.5, 0.6) is 11.6 Å². The molecule has 38 heavy (non-hydrogen) atoms. The summed E-state index contributed by atoms with van der Waals surface area (Å²) >= 11 is -2.68. The van der Waals surface area contributed by atoms with Crippen LogP contribution in [0.4, 0.5) is 5.69 Å². The largest absolute Gasteiger partial charge is 0.755 e. The monoisotopic (exact) mass is 531 g/mol. The van der Waals surface area contributed by atoms with E-state index in [0.29, 0.717) is 17.3 Å². The molecule has 0 bridgehead atoms. The van der Waals surface area contributed by atoms with Crippen molar-refractivity contribution in [3.63, 3.8) is 0 Å². The number of fused-ring (bicyclic) bond motifs is 1. The molecule has 0 spiro atoms. The standard InChI is InChI=1S/C30H32N2O5S/c1-20(2)28(29(33)37-30(3,4)5)32(38(34)35)24-15-10-21(11-16-24)22-12-17-25(18-13-22)36-27-19-14-23-8-6-7-9-26(23)31-27/h6-20,28H,1-5H3,(H,34,35)/p-1. The number of hydrogen-bond donors (Lipinski definition) is 0. The molecular formula is C30H31N2O5S-. The van der Waals surface area contributed by atoms with Gasteiger partial charge in [-0.15, -0.1) is 0 Å². The molecule has 0 saturated heterocycles. The maximum Gasteiger partial charge on any atom is 0.330 e. The summed E-state index contributed by atoms with van der Waals surface area (Å²) in [6, 6.07) is 25.2. The highest BCUT2D eigenvalue weighted by Crippen LogP contribution is 2.30. The van der Waals surface area contributed by atoms with E-state index >= 15 is 0 Å². The summed E-state index contributed by atoms with van der Waals surface area (Å²) < 4.78 is 37.0. The number of esters is 1. The van der Waals surface area contributed by atoms with Crippen molar-refractivity contribution in [2.24, 2.45) is 5.92 Å². The third kappa shape index (κ3) is 6.57. The third-order valence-corrected chi connectivity index (χ3v) is 6.56. The first kappa shape index (κ1) is 27.3. The molecule has 0 aliphatic rings. The van der Waals surface area contributed by atoms with Gasteiger partial charge in [-0.1, -0.05) is 56.3 Å². The van der Waals surface area contributed by atoms with Crippen LogP contribution >= 0.6 is 0 Å². The third-order valence-electron chi connectivity index (χ3n) is 5.80. The number of carbonyl (C=O) groups is 1. The second kappa shape index (κ2) is 11.3. The first-order chi connectivity index (χ1) is 18.0. The van der Waals surface area contributed by atoms with Gasteiger partial charge >= 0.3 is 5.97 Å². The number of hydrogen-bond acceptors (Lipinski definition) is 6. The number of aromatic nitrogens is 1. The Kier molecular flexibility index (Phi) is 8.14. The molecule has 8 heteroatoms. The minimum atomic E-state index is -2.68. The number of para-hydroxylation sites is 1. The predicted octanol–water partition coefficient (Wildman–Crippen LogP) is 6.66. The molecule has 1 heterocycles. The molecule has 7 nitrogen and oxygen atoms in total. The molecule has 198 valence electrons. The van der Waals surface area contributed by atoms with Gasteiger partial charge in [-0.2, -0.15) is 0 Å². The Morgan fingerprint density at radius 2 is 1.50 bits per heavy atom. The molecule has 0 N–H and O–H groups in total. The highest BCUT2D eigenvalue weighted by molar-refractivity contribution is 7.80. The van der Waals surface area contributed by atoms with Crippen LogP contribution in [0.25, 0.3) is 22.0 Å². The quantitative estimate of drug-likeness (QED) is 0.186. The average Bonchev–Trinajstić information content (AvgIpc) is 2.86. The summed E-state index contributed by atoms with van der Waals surface area (Å²) in [6.07, 6.45) is 0. The van der Waals surface area contributed by atoms with Gasteiger partial charge < -0.3 is 14.0 Å². The molecule has 4 rings (SSSR count). The number of nitrogens with zero attached hydrogens (tertiary/aromatic N) is 2. The molecular weight excluding hydrogens is 500 g/mol. The van der Waals surface area contributed by atoms with Crippen LogP contribution in [0.2, 0.25) is 0 Å². The van der Waals surface area contributed by atoms with Gasteiger partial charge in [-0.25, -0.2) is 9.78 Å². The number of pyridine rings is 1. The molecule has 2 atom stereocenters. The van der Waals surface area contributed by atoms with Gasteiger partial charge in [0.05, 0.1) is 5.52 Å². The zero-order valence-corrected chi connectivity index (χ0v) is 22.9. The fourth-order valence-corrected chi connectivity index (χ4v) is 4.89. The van der Waals surface area contributed by atoms with E-state index in [1.807, 2.05) is 72.8 Å². The molecule has 0 aliphatic heterocycles. The number of rotatable bonds is 8. The van der Waals surface area contributed by atoms with Gasteiger partial charge in [0.2, 0.25) is 5.88 Å². The SMILES string of the molecule is CC(C)C(C(=O)OC(C)(C)C)N(c1ccc(-c2ccc(Oc3ccc4ccccc4n3)cc2)cc1)S(=O)[O-]. The summed E-state index contributed by atoms with van der Waals surface area (Å²) in [5.74, 6) is 0.277. The first-order valence-corrected chi connectivity index (χ1v) is 13.4. The molecule has 0 aliphatic carbocycles. The average molecular weight is 532 g/mol. The summed E-state index contributed by atoms with van der Waals surface area (Å²) in [6.45, 7) is 8.85. The van der Waals surface area contributed by atoms with Gasteiger partial charge in [-0.3, -0.25) is 8.51 Å². The predicted molar refractivity (Wildman–Crippen MR) is 150 cm³/mol.